The molecule has 1 N–H and O–H groups in total. The van der Waals surface area contributed by atoms with Crippen LogP contribution < -0.4 is 5.32 Å². The van der Waals surface area contributed by atoms with Gasteiger partial charge in [-0.25, -0.2) is 4.39 Å². The number of allylic oxidation sites excluding steroid dienone is 4. The quantitative estimate of drug-likeness (QED) is 0.776. The fraction of sp³-hybridized carbons (Fsp3) is 0.615. The number of nitriles is 1. The highest BCUT2D eigenvalue weighted by Crippen LogP contribution is 2.36. The van der Waals surface area contributed by atoms with Crippen LogP contribution in [0.1, 0.15) is 25.7 Å². The van der Waals surface area contributed by atoms with Crippen molar-refractivity contribution in [2.75, 3.05) is 13.1 Å². The first kappa shape index (κ1) is 11.3. The third kappa shape index (κ3) is 2.51. The molecule has 86 valence electrons. The molecule has 1 aliphatic heterocycles. The number of hydrogen-bond donors (Lipinski definition) is 1. The van der Waals surface area contributed by atoms with Crippen molar-refractivity contribution in [2.24, 2.45) is 5.41 Å². The summed E-state index contributed by atoms with van der Waals surface area (Å²) in [6.07, 6.45) is 7.57. The molecule has 0 spiro atoms. The molecule has 0 aromatic heterocycles. The highest BCUT2D eigenvalue weighted by Gasteiger charge is 2.32. The van der Waals surface area contributed by atoms with E-state index in [2.05, 4.69) is 11.4 Å². The van der Waals surface area contributed by atoms with Gasteiger partial charge in [-0.2, -0.15) is 5.26 Å². The summed E-state index contributed by atoms with van der Waals surface area (Å²) in [4.78, 5) is 0. The fourth-order valence-corrected chi connectivity index (χ4v) is 2.39. The third-order valence-corrected chi connectivity index (χ3v) is 3.46. The Labute approximate surface area is 95.8 Å². The van der Waals surface area contributed by atoms with Crippen LogP contribution in [0.4, 0.5) is 4.39 Å². The smallest absolute Gasteiger partial charge is 0.122 e. The van der Waals surface area contributed by atoms with Crippen molar-refractivity contribution >= 4 is 0 Å². The summed E-state index contributed by atoms with van der Waals surface area (Å²) in [5, 5.41) is 12.6. The third-order valence-electron chi connectivity index (χ3n) is 3.46. The van der Waals surface area contributed by atoms with Crippen LogP contribution in [-0.2, 0) is 0 Å². The van der Waals surface area contributed by atoms with Gasteiger partial charge in [-0.05, 0) is 32.4 Å². The van der Waals surface area contributed by atoms with E-state index in [0.717, 1.165) is 37.9 Å². The van der Waals surface area contributed by atoms with Gasteiger partial charge in [0.05, 0.1) is 11.5 Å². The molecule has 2 aliphatic rings. The van der Waals surface area contributed by atoms with Crippen molar-refractivity contribution in [1.29, 1.82) is 5.26 Å². The van der Waals surface area contributed by atoms with Gasteiger partial charge in [0.1, 0.15) is 6.17 Å². The summed E-state index contributed by atoms with van der Waals surface area (Å²) in [5.41, 5.74) is 0.891. The van der Waals surface area contributed by atoms with E-state index in [0.29, 0.717) is 6.42 Å². The van der Waals surface area contributed by atoms with Gasteiger partial charge in [0.15, 0.2) is 0 Å². The van der Waals surface area contributed by atoms with Crippen LogP contribution in [0.15, 0.2) is 23.8 Å². The topological polar surface area (TPSA) is 35.8 Å². The minimum absolute atomic E-state index is 0.232. The van der Waals surface area contributed by atoms with Crippen molar-refractivity contribution < 1.29 is 4.39 Å². The lowest BCUT2D eigenvalue weighted by atomic mass is 9.75. The molecule has 0 bridgehead atoms. The van der Waals surface area contributed by atoms with E-state index in [1.54, 1.807) is 6.08 Å². The largest absolute Gasteiger partial charge is 0.317 e. The molecule has 1 saturated heterocycles. The van der Waals surface area contributed by atoms with Crippen LogP contribution in [0, 0.1) is 16.7 Å². The fourth-order valence-electron chi connectivity index (χ4n) is 2.39. The molecule has 0 amide bonds. The molecule has 2 nitrogen and oxygen atoms in total. The van der Waals surface area contributed by atoms with Crippen LogP contribution in [0.2, 0.25) is 0 Å². The Morgan fingerprint density at radius 3 is 2.81 bits per heavy atom. The Morgan fingerprint density at radius 2 is 2.25 bits per heavy atom. The zero-order valence-corrected chi connectivity index (χ0v) is 9.38. The Morgan fingerprint density at radius 1 is 1.50 bits per heavy atom. The van der Waals surface area contributed by atoms with Crippen LogP contribution in [-0.4, -0.2) is 19.3 Å². The number of rotatable bonds is 2. The van der Waals surface area contributed by atoms with Gasteiger partial charge >= 0.3 is 0 Å². The Kier molecular flexibility index (Phi) is 3.40. The van der Waals surface area contributed by atoms with Crippen molar-refractivity contribution in [3.8, 4) is 6.07 Å². The normalized spacial score (nSPS) is 28.2. The average molecular weight is 220 g/mol. The zero-order chi connectivity index (χ0) is 11.4. The molecule has 3 heteroatoms. The number of alkyl halides is 1. The Balaban J connectivity index is 2.02. The first-order chi connectivity index (χ1) is 7.74. The van der Waals surface area contributed by atoms with Crippen molar-refractivity contribution in [2.45, 2.75) is 31.9 Å². The predicted molar refractivity (Wildman–Crippen MR) is 61.5 cm³/mol. The maximum atomic E-state index is 12.9. The second-order valence-corrected chi connectivity index (χ2v) is 4.71. The van der Waals surface area contributed by atoms with Gasteiger partial charge in [0.2, 0.25) is 0 Å². The van der Waals surface area contributed by atoms with Crippen molar-refractivity contribution in [3.05, 3.63) is 23.8 Å². The van der Waals surface area contributed by atoms with Crippen LogP contribution in [0.3, 0.4) is 0 Å². The molecule has 0 aromatic rings. The summed E-state index contributed by atoms with van der Waals surface area (Å²) in [5.74, 6) is 0. The SMILES string of the molecule is N#CC1(CC2=CCC(F)C=C2)CCNCC1. The van der Waals surface area contributed by atoms with Gasteiger partial charge in [0.25, 0.3) is 0 Å². The van der Waals surface area contributed by atoms with Crippen LogP contribution >= 0.6 is 0 Å². The van der Waals surface area contributed by atoms with Gasteiger partial charge in [-0.1, -0.05) is 23.8 Å². The molecule has 0 radical (unpaired) electrons. The number of nitrogens with zero attached hydrogens (tertiary/aromatic N) is 1. The Hall–Kier alpha value is -1.14. The first-order valence-electron chi connectivity index (χ1n) is 5.87. The molecule has 2 rings (SSSR count). The highest BCUT2D eigenvalue weighted by atomic mass is 19.1. The van der Waals surface area contributed by atoms with E-state index in [9.17, 15) is 9.65 Å². The second kappa shape index (κ2) is 4.80. The lowest BCUT2D eigenvalue weighted by Crippen LogP contribution is -2.36. The molecule has 1 unspecified atom stereocenters. The molecule has 0 aromatic carbocycles. The van der Waals surface area contributed by atoms with E-state index in [-0.39, 0.29) is 5.41 Å². The predicted octanol–water partition coefficient (Wildman–Crippen LogP) is 2.49. The summed E-state index contributed by atoms with van der Waals surface area (Å²) >= 11 is 0. The highest BCUT2D eigenvalue weighted by molar-refractivity contribution is 5.27. The van der Waals surface area contributed by atoms with E-state index in [1.807, 2.05) is 12.2 Å². The molecule has 0 saturated carbocycles. The standard InChI is InChI=1S/C13H17FN2/c14-12-3-1-11(2-4-12)9-13(10-15)5-7-16-8-6-13/h1-3,12,16H,4-9H2. The summed E-state index contributed by atoms with van der Waals surface area (Å²) in [6.45, 7) is 1.83. The van der Waals surface area contributed by atoms with E-state index in [1.165, 1.54) is 0 Å². The minimum atomic E-state index is -0.838. The molecule has 1 fully saturated rings. The molecule has 1 aliphatic carbocycles. The monoisotopic (exact) mass is 220 g/mol. The maximum absolute atomic E-state index is 12.9. The number of halogens is 1. The van der Waals surface area contributed by atoms with Crippen LogP contribution in [0.5, 0.6) is 0 Å². The summed E-state index contributed by atoms with van der Waals surface area (Å²) in [7, 11) is 0. The molecular weight excluding hydrogens is 203 g/mol. The molecular formula is C13H17FN2. The van der Waals surface area contributed by atoms with Gasteiger partial charge < -0.3 is 5.32 Å². The van der Waals surface area contributed by atoms with E-state index in [4.69, 9.17) is 0 Å². The molecule has 1 heterocycles. The van der Waals surface area contributed by atoms with Crippen molar-refractivity contribution in [3.63, 3.8) is 0 Å². The van der Waals surface area contributed by atoms with Crippen molar-refractivity contribution in [1.82, 2.24) is 5.32 Å². The molecule has 16 heavy (non-hydrogen) atoms. The Bertz CT molecular complexity index is 345. The summed E-state index contributed by atoms with van der Waals surface area (Å²) < 4.78 is 12.9. The number of hydrogen-bond acceptors (Lipinski definition) is 2. The maximum Gasteiger partial charge on any atom is 0.122 e. The second-order valence-electron chi connectivity index (χ2n) is 4.71. The number of piperidine rings is 1. The average Bonchev–Trinajstić information content (AvgIpc) is 2.33. The van der Waals surface area contributed by atoms with E-state index >= 15 is 0 Å². The lowest BCUT2D eigenvalue weighted by molar-refractivity contribution is 0.280. The summed E-state index contributed by atoms with van der Waals surface area (Å²) in [6, 6.07) is 2.47. The number of nitrogens with one attached hydrogen (secondary N) is 1. The van der Waals surface area contributed by atoms with E-state index < -0.39 is 6.17 Å². The lowest BCUT2D eigenvalue weighted by Gasteiger charge is -2.32. The molecule has 1 atom stereocenters. The minimum Gasteiger partial charge on any atom is -0.317 e. The zero-order valence-electron chi connectivity index (χ0n) is 9.38. The van der Waals surface area contributed by atoms with Gasteiger partial charge in [-0.3, -0.25) is 0 Å². The van der Waals surface area contributed by atoms with Gasteiger partial charge in [-0.15, -0.1) is 0 Å². The van der Waals surface area contributed by atoms with Gasteiger partial charge in [0, 0.05) is 6.42 Å². The van der Waals surface area contributed by atoms with Crippen LogP contribution in [0.25, 0.3) is 0 Å². The first-order valence-corrected chi connectivity index (χ1v) is 5.87.